The van der Waals surface area contributed by atoms with Gasteiger partial charge in [-0.2, -0.15) is 13.2 Å². The molecule has 0 unspecified atom stereocenters. The first-order valence-corrected chi connectivity index (χ1v) is 10.1. The van der Waals surface area contributed by atoms with Gasteiger partial charge in [0, 0.05) is 12.7 Å². The highest BCUT2D eigenvalue weighted by Crippen LogP contribution is 2.43. The van der Waals surface area contributed by atoms with Gasteiger partial charge in [-0.25, -0.2) is 14.4 Å². The van der Waals surface area contributed by atoms with Crippen LogP contribution in [-0.2, 0) is 34.1 Å². The van der Waals surface area contributed by atoms with Crippen molar-refractivity contribution >= 4 is 18.0 Å². The van der Waals surface area contributed by atoms with E-state index in [4.69, 9.17) is 9.47 Å². The number of methoxy groups -OCH3 is 2. The maximum atomic E-state index is 14.2. The van der Waals surface area contributed by atoms with Crippen molar-refractivity contribution in [3.05, 3.63) is 35.9 Å². The summed E-state index contributed by atoms with van der Waals surface area (Å²) in [5, 5.41) is 2.38. The lowest BCUT2D eigenvalue weighted by Crippen LogP contribution is -2.57. The predicted octanol–water partition coefficient (Wildman–Crippen LogP) is 3.72. The van der Waals surface area contributed by atoms with Crippen molar-refractivity contribution in [2.75, 3.05) is 14.2 Å². The third kappa shape index (κ3) is 6.83. The van der Waals surface area contributed by atoms with Crippen LogP contribution in [0.2, 0.25) is 0 Å². The SMILES string of the molecule is COC(=O)[C@@H](OC(=O)[C@](OC)(c1ccccc1)C(F)(F)F)[C@@H](NC(=O)OC(C)(C)C)C(C)C. The summed E-state index contributed by atoms with van der Waals surface area (Å²) in [6, 6.07) is 4.87. The summed E-state index contributed by atoms with van der Waals surface area (Å²) in [6.07, 6.45) is -8.12. The monoisotopic (exact) mass is 477 g/mol. The highest BCUT2D eigenvalue weighted by atomic mass is 19.4. The summed E-state index contributed by atoms with van der Waals surface area (Å²) in [5.74, 6) is -3.64. The van der Waals surface area contributed by atoms with Gasteiger partial charge in [-0.15, -0.1) is 0 Å². The van der Waals surface area contributed by atoms with Crippen molar-refractivity contribution in [1.29, 1.82) is 0 Å². The third-order valence-corrected chi connectivity index (χ3v) is 4.57. The highest BCUT2D eigenvalue weighted by Gasteiger charge is 2.64. The van der Waals surface area contributed by atoms with E-state index in [1.165, 1.54) is 18.2 Å². The van der Waals surface area contributed by atoms with Gasteiger partial charge in [0.1, 0.15) is 5.60 Å². The quantitative estimate of drug-likeness (QED) is 0.450. The molecule has 0 aliphatic heterocycles. The molecule has 8 nitrogen and oxygen atoms in total. The van der Waals surface area contributed by atoms with Gasteiger partial charge in [0.15, 0.2) is 0 Å². The minimum atomic E-state index is -5.24. The largest absolute Gasteiger partial charge is 0.466 e. The Morgan fingerprint density at radius 3 is 1.91 bits per heavy atom. The molecule has 0 spiro atoms. The van der Waals surface area contributed by atoms with E-state index in [1.54, 1.807) is 34.6 Å². The Morgan fingerprint density at radius 1 is 0.970 bits per heavy atom. The first-order valence-electron chi connectivity index (χ1n) is 10.1. The Kier molecular flexibility index (Phi) is 9.29. The molecule has 0 fully saturated rings. The number of rotatable bonds is 8. The van der Waals surface area contributed by atoms with E-state index in [0.29, 0.717) is 7.11 Å². The number of halogens is 3. The number of ether oxygens (including phenoxy) is 4. The van der Waals surface area contributed by atoms with E-state index in [2.05, 4.69) is 14.8 Å². The van der Waals surface area contributed by atoms with Crippen molar-refractivity contribution < 1.29 is 46.5 Å². The summed E-state index contributed by atoms with van der Waals surface area (Å²) in [6.45, 7) is 7.94. The molecule has 1 aromatic rings. The van der Waals surface area contributed by atoms with Gasteiger partial charge >= 0.3 is 24.2 Å². The maximum absolute atomic E-state index is 14.2. The van der Waals surface area contributed by atoms with Crippen LogP contribution in [0.1, 0.15) is 40.2 Å². The molecular weight excluding hydrogens is 447 g/mol. The van der Waals surface area contributed by atoms with Gasteiger partial charge < -0.3 is 24.3 Å². The Labute approximate surface area is 190 Å². The molecule has 0 saturated heterocycles. The predicted molar refractivity (Wildman–Crippen MR) is 111 cm³/mol. The van der Waals surface area contributed by atoms with E-state index >= 15 is 0 Å². The second-order valence-electron chi connectivity index (χ2n) is 8.51. The van der Waals surface area contributed by atoms with Crippen molar-refractivity contribution in [3.63, 3.8) is 0 Å². The van der Waals surface area contributed by atoms with Crippen LogP contribution in [0.5, 0.6) is 0 Å². The van der Waals surface area contributed by atoms with Crippen LogP contribution in [0.25, 0.3) is 0 Å². The van der Waals surface area contributed by atoms with E-state index < -0.39 is 59.0 Å². The van der Waals surface area contributed by atoms with Gasteiger partial charge in [0.2, 0.25) is 6.10 Å². The molecule has 0 saturated carbocycles. The lowest BCUT2D eigenvalue weighted by atomic mass is 9.92. The van der Waals surface area contributed by atoms with E-state index in [0.717, 1.165) is 19.2 Å². The standard InChI is InChI=1S/C22H30F3NO7/c1-13(2)15(26-19(29)33-20(3,4)5)16(17(27)30-6)32-18(28)21(31-7,22(23,24)25)14-11-9-8-10-12-14/h8-13,15-16H,1-7H3,(H,26,29)/t15-,16-,21+/m0/s1. The number of hydrogen-bond donors (Lipinski definition) is 1. The Bertz CT molecular complexity index is 822. The van der Waals surface area contributed by atoms with Crippen LogP contribution in [-0.4, -0.2) is 56.2 Å². The zero-order valence-electron chi connectivity index (χ0n) is 19.6. The minimum Gasteiger partial charge on any atom is -0.466 e. The molecular formula is C22H30F3NO7. The van der Waals surface area contributed by atoms with E-state index in [-0.39, 0.29) is 0 Å². The smallest absolute Gasteiger partial charge is 0.432 e. The Balaban J connectivity index is 3.43. The van der Waals surface area contributed by atoms with E-state index in [9.17, 15) is 27.6 Å². The second-order valence-corrected chi connectivity index (χ2v) is 8.51. The number of benzene rings is 1. The number of carbonyl (C=O) groups is 3. The number of nitrogens with one attached hydrogen (secondary N) is 1. The molecule has 0 aliphatic rings. The zero-order chi connectivity index (χ0) is 25.6. The normalized spacial score (nSPS) is 15.7. The van der Waals surface area contributed by atoms with Gasteiger partial charge in [-0.1, -0.05) is 44.2 Å². The lowest BCUT2D eigenvalue weighted by molar-refractivity contribution is -0.278. The summed E-state index contributed by atoms with van der Waals surface area (Å²) in [5.41, 5.74) is -4.96. The Hall–Kier alpha value is -2.82. The molecule has 0 aromatic heterocycles. The van der Waals surface area contributed by atoms with Crippen LogP contribution in [0.15, 0.2) is 30.3 Å². The molecule has 1 rings (SSSR count). The zero-order valence-corrected chi connectivity index (χ0v) is 19.6. The first-order chi connectivity index (χ1) is 15.1. The highest BCUT2D eigenvalue weighted by molar-refractivity contribution is 5.86. The fourth-order valence-electron chi connectivity index (χ4n) is 3.01. The number of amides is 1. The number of alkyl halides is 3. The lowest BCUT2D eigenvalue weighted by Gasteiger charge is -2.35. The summed E-state index contributed by atoms with van der Waals surface area (Å²) in [7, 11) is 1.67. The van der Waals surface area contributed by atoms with Crippen LogP contribution >= 0.6 is 0 Å². The van der Waals surface area contributed by atoms with Gasteiger partial charge in [-0.3, -0.25) is 0 Å². The topological polar surface area (TPSA) is 100 Å². The summed E-state index contributed by atoms with van der Waals surface area (Å²) >= 11 is 0. The molecule has 1 N–H and O–H groups in total. The van der Waals surface area contributed by atoms with Crippen molar-refractivity contribution in [1.82, 2.24) is 5.32 Å². The second kappa shape index (κ2) is 10.9. The van der Waals surface area contributed by atoms with Gasteiger partial charge in [0.05, 0.1) is 13.2 Å². The number of esters is 2. The summed E-state index contributed by atoms with van der Waals surface area (Å²) < 4.78 is 62.0. The average molecular weight is 477 g/mol. The molecule has 0 aliphatic carbocycles. The number of carbonyl (C=O) groups excluding carboxylic acids is 3. The minimum absolute atomic E-state index is 0.546. The van der Waals surface area contributed by atoms with Crippen LogP contribution < -0.4 is 5.32 Å². The van der Waals surface area contributed by atoms with Crippen molar-refractivity contribution in [3.8, 4) is 0 Å². The van der Waals surface area contributed by atoms with Crippen molar-refractivity contribution in [2.45, 2.75) is 64.1 Å². The fraction of sp³-hybridized carbons (Fsp3) is 0.591. The van der Waals surface area contributed by atoms with Gasteiger partial charge in [0.25, 0.3) is 5.60 Å². The summed E-state index contributed by atoms with van der Waals surface area (Å²) in [4.78, 5) is 37.7. The molecule has 0 bridgehead atoms. The van der Waals surface area contributed by atoms with Crippen molar-refractivity contribution in [2.24, 2.45) is 5.92 Å². The molecule has 3 atom stereocenters. The molecule has 1 aromatic carbocycles. The first kappa shape index (κ1) is 28.2. The number of hydrogen-bond acceptors (Lipinski definition) is 7. The molecule has 0 heterocycles. The van der Waals surface area contributed by atoms with Gasteiger partial charge in [-0.05, 0) is 26.7 Å². The molecule has 11 heteroatoms. The molecule has 0 radical (unpaired) electrons. The van der Waals surface area contributed by atoms with Crippen LogP contribution in [0.4, 0.5) is 18.0 Å². The maximum Gasteiger partial charge on any atom is 0.432 e. The fourth-order valence-corrected chi connectivity index (χ4v) is 3.01. The third-order valence-electron chi connectivity index (χ3n) is 4.57. The number of alkyl carbamates (subject to hydrolysis) is 1. The Morgan fingerprint density at radius 2 is 1.52 bits per heavy atom. The average Bonchev–Trinajstić information content (AvgIpc) is 2.69. The van der Waals surface area contributed by atoms with Crippen LogP contribution in [0.3, 0.4) is 0 Å². The van der Waals surface area contributed by atoms with Crippen LogP contribution in [0, 0.1) is 5.92 Å². The molecule has 33 heavy (non-hydrogen) atoms. The molecule has 1 amide bonds. The van der Waals surface area contributed by atoms with E-state index in [1.807, 2.05) is 0 Å². The molecule has 186 valence electrons.